The van der Waals surface area contributed by atoms with Crippen molar-refractivity contribution in [3.05, 3.63) is 51.6 Å². The summed E-state index contributed by atoms with van der Waals surface area (Å²) in [7, 11) is 0. The van der Waals surface area contributed by atoms with Crippen molar-refractivity contribution >= 4 is 33.3 Å². The van der Waals surface area contributed by atoms with Gasteiger partial charge in [-0.25, -0.2) is 0 Å². The summed E-state index contributed by atoms with van der Waals surface area (Å²) in [6.45, 7) is 0.712. The monoisotopic (exact) mass is 297 g/mol. The molecule has 0 fully saturated rings. The van der Waals surface area contributed by atoms with E-state index in [2.05, 4.69) is 31.4 Å². The zero-order chi connectivity index (χ0) is 11.4. The average molecular weight is 299 g/mol. The highest BCUT2D eigenvalue weighted by Crippen LogP contribution is 2.12. The maximum atomic E-state index is 5.64. The van der Waals surface area contributed by atoms with Crippen LogP contribution in [0.5, 0.6) is 0 Å². The Morgan fingerprint density at radius 3 is 2.44 bits per heavy atom. The topological polar surface area (TPSA) is 37.8 Å². The fraction of sp³-hybridized carbons (Fsp3) is 0.0909. The summed E-state index contributed by atoms with van der Waals surface area (Å²) in [6, 6.07) is 11.6. The SMILES string of the molecule is Clc1ccc(NCc2ccc(Br)cc2)nn1. The molecule has 1 aromatic heterocycles. The molecule has 0 aliphatic carbocycles. The standard InChI is InChI=1S/C11H9BrClN3/c12-9-3-1-8(2-4-9)7-14-11-6-5-10(13)15-16-11/h1-6H,7H2,(H,14,16). The van der Waals surface area contributed by atoms with E-state index in [9.17, 15) is 0 Å². The second-order valence-electron chi connectivity index (χ2n) is 3.22. The highest BCUT2D eigenvalue weighted by molar-refractivity contribution is 9.10. The third kappa shape index (κ3) is 3.18. The molecule has 0 spiro atoms. The third-order valence-electron chi connectivity index (χ3n) is 2.02. The fourth-order valence-electron chi connectivity index (χ4n) is 1.21. The van der Waals surface area contributed by atoms with Gasteiger partial charge in [0, 0.05) is 11.0 Å². The average Bonchev–Trinajstić information content (AvgIpc) is 2.30. The first-order valence-corrected chi connectivity index (χ1v) is 5.89. The van der Waals surface area contributed by atoms with Gasteiger partial charge in [0.1, 0.15) is 5.82 Å². The van der Waals surface area contributed by atoms with Gasteiger partial charge in [-0.1, -0.05) is 39.7 Å². The number of nitrogens with zero attached hydrogens (tertiary/aromatic N) is 2. The van der Waals surface area contributed by atoms with Crippen LogP contribution >= 0.6 is 27.5 Å². The van der Waals surface area contributed by atoms with Crippen LogP contribution in [0.25, 0.3) is 0 Å². The predicted molar refractivity (Wildman–Crippen MR) is 68.5 cm³/mol. The van der Waals surface area contributed by atoms with Crippen LogP contribution in [0.2, 0.25) is 5.15 Å². The summed E-state index contributed by atoms with van der Waals surface area (Å²) in [5.74, 6) is 0.715. The number of anilines is 1. The molecule has 0 saturated carbocycles. The van der Waals surface area contributed by atoms with E-state index in [1.165, 1.54) is 5.56 Å². The lowest BCUT2D eigenvalue weighted by Gasteiger charge is -2.04. The van der Waals surface area contributed by atoms with Gasteiger partial charge in [-0.05, 0) is 29.8 Å². The van der Waals surface area contributed by atoms with Crippen molar-refractivity contribution in [2.45, 2.75) is 6.54 Å². The largest absolute Gasteiger partial charge is 0.365 e. The van der Waals surface area contributed by atoms with E-state index in [1.807, 2.05) is 24.3 Å². The number of aromatic nitrogens is 2. The van der Waals surface area contributed by atoms with Crippen LogP contribution in [0, 0.1) is 0 Å². The molecule has 1 aromatic carbocycles. The van der Waals surface area contributed by atoms with Gasteiger partial charge in [0.2, 0.25) is 0 Å². The van der Waals surface area contributed by atoms with E-state index >= 15 is 0 Å². The molecule has 0 atom stereocenters. The minimum Gasteiger partial charge on any atom is -0.365 e. The molecule has 0 saturated heterocycles. The number of nitrogens with one attached hydrogen (secondary N) is 1. The van der Waals surface area contributed by atoms with Crippen LogP contribution in [-0.4, -0.2) is 10.2 Å². The van der Waals surface area contributed by atoms with Gasteiger partial charge in [0.15, 0.2) is 5.15 Å². The molecule has 0 bridgehead atoms. The minimum atomic E-state index is 0.397. The zero-order valence-corrected chi connectivity index (χ0v) is 10.7. The van der Waals surface area contributed by atoms with Gasteiger partial charge in [-0.2, -0.15) is 0 Å². The summed E-state index contributed by atoms with van der Waals surface area (Å²) in [6.07, 6.45) is 0. The molecular weight excluding hydrogens is 289 g/mol. The van der Waals surface area contributed by atoms with Crippen LogP contribution in [0.1, 0.15) is 5.56 Å². The van der Waals surface area contributed by atoms with Crippen LogP contribution in [0.15, 0.2) is 40.9 Å². The molecule has 1 heterocycles. The molecule has 82 valence electrons. The van der Waals surface area contributed by atoms with Crippen LogP contribution < -0.4 is 5.32 Å². The van der Waals surface area contributed by atoms with E-state index in [0.29, 0.717) is 17.5 Å². The normalized spacial score (nSPS) is 10.1. The van der Waals surface area contributed by atoms with Crippen molar-refractivity contribution in [3.8, 4) is 0 Å². The number of rotatable bonds is 3. The molecule has 2 aromatic rings. The molecule has 0 unspecified atom stereocenters. The second kappa shape index (κ2) is 5.27. The summed E-state index contributed by atoms with van der Waals surface area (Å²) in [5.41, 5.74) is 1.18. The van der Waals surface area contributed by atoms with E-state index in [-0.39, 0.29) is 0 Å². The molecule has 0 amide bonds. The van der Waals surface area contributed by atoms with E-state index in [1.54, 1.807) is 12.1 Å². The van der Waals surface area contributed by atoms with Gasteiger partial charge in [-0.15, -0.1) is 10.2 Å². The molecule has 0 radical (unpaired) electrons. The first-order valence-electron chi connectivity index (χ1n) is 4.71. The van der Waals surface area contributed by atoms with Crippen LogP contribution in [0.3, 0.4) is 0 Å². The Labute approximate surface area is 107 Å². The van der Waals surface area contributed by atoms with Gasteiger partial charge in [0.25, 0.3) is 0 Å². The van der Waals surface area contributed by atoms with Crippen molar-refractivity contribution in [3.63, 3.8) is 0 Å². The lowest BCUT2D eigenvalue weighted by atomic mass is 10.2. The Hall–Kier alpha value is -1.13. The first kappa shape index (κ1) is 11.4. The first-order chi connectivity index (χ1) is 7.74. The van der Waals surface area contributed by atoms with Gasteiger partial charge < -0.3 is 5.32 Å². The van der Waals surface area contributed by atoms with E-state index < -0.39 is 0 Å². The maximum Gasteiger partial charge on any atom is 0.151 e. The summed E-state index contributed by atoms with van der Waals surface area (Å²) in [4.78, 5) is 0. The Morgan fingerprint density at radius 1 is 1.06 bits per heavy atom. The molecule has 3 nitrogen and oxygen atoms in total. The number of halogens is 2. The molecule has 0 aliphatic rings. The molecule has 2 rings (SSSR count). The van der Waals surface area contributed by atoms with Crippen LogP contribution in [-0.2, 0) is 6.54 Å². The molecule has 0 aliphatic heterocycles. The van der Waals surface area contributed by atoms with Gasteiger partial charge >= 0.3 is 0 Å². The fourth-order valence-corrected chi connectivity index (χ4v) is 1.57. The smallest absolute Gasteiger partial charge is 0.151 e. The third-order valence-corrected chi connectivity index (χ3v) is 2.75. The van der Waals surface area contributed by atoms with Crippen molar-refractivity contribution in [2.24, 2.45) is 0 Å². The number of benzene rings is 1. The lowest BCUT2D eigenvalue weighted by Crippen LogP contribution is -2.01. The molecular formula is C11H9BrClN3. The second-order valence-corrected chi connectivity index (χ2v) is 4.52. The highest BCUT2D eigenvalue weighted by Gasteiger charge is 1.96. The maximum absolute atomic E-state index is 5.64. The summed E-state index contributed by atoms with van der Waals surface area (Å²) >= 11 is 9.03. The van der Waals surface area contributed by atoms with Gasteiger partial charge in [-0.3, -0.25) is 0 Å². The number of hydrogen-bond acceptors (Lipinski definition) is 3. The lowest BCUT2D eigenvalue weighted by molar-refractivity contribution is 1.00. The van der Waals surface area contributed by atoms with E-state index in [4.69, 9.17) is 11.6 Å². The zero-order valence-electron chi connectivity index (χ0n) is 8.32. The van der Waals surface area contributed by atoms with Crippen molar-refractivity contribution in [2.75, 3.05) is 5.32 Å². The Bertz CT molecular complexity index is 410. The summed E-state index contributed by atoms with van der Waals surface area (Å²) < 4.78 is 1.07. The Morgan fingerprint density at radius 2 is 1.81 bits per heavy atom. The van der Waals surface area contributed by atoms with Crippen LogP contribution in [0.4, 0.5) is 5.82 Å². The quantitative estimate of drug-likeness (QED) is 0.942. The Kier molecular flexibility index (Phi) is 3.74. The molecule has 5 heteroatoms. The van der Waals surface area contributed by atoms with Crippen molar-refractivity contribution in [1.82, 2.24) is 10.2 Å². The van der Waals surface area contributed by atoms with Gasteiger partial charge in [0.05, 0.1) is 0 Å². The number of hydrogen-bond donors (Lipinski definition) is 1. The summed E-state index contributed by atoms with van der Waals surface area (Å²) in [5, 5.41) is 11.2. The Balaban J connectivity index is 1.97. The van der Waals surface area contributed by atoms with Crippen molar-refractivity contribution < 1.29 is 0 Å². The highest BCUT2D eigenvalue weighted by atomic mass is 79.9. The predicted octanol–water partition coefficient (Wildman–Crippen LogP) is 3.50. The van der Waals surface area contributed by atoms with E-state index in [0.717, 1.165) is 4.47 Å². The minimum absolute atomic E-state index is 0.397. The molecule has 1 N–H and O–H groups in total. The van der Waals surface area contributed by atoms with Crippen molar-refractivity contribution in [1.29, 1.82) is 0 Å². The molecule has 16 heavy (non-hydrogen) atoms.